The molecule has 2 atom stereocenters. The van der Waals surface area contributed by atoms with E-state index in [1.54, 1.807) is 16.9 Å². The number of hydrogen-bond donors (Lipinski definition) is 2. The van der Waals surface area contributed by atoms with E-state index in [0.717, 1.165) is 24.2 Å². The molecule has 0 aliphatic carbocycles. The number of rotatable bonds is 7. The number of aliphatic hydroxyl groups is 1. The average Bonchev–Trinajstić information content (AvgIpc) is 3.20. The maximum atomic E-state index is 13.6. The highest BCUT2D eigenvalue weighted by Gasteiger charge is 2.20. The van der Waals surface area contributed by atoms with E-state index in [-0.39, 0.29) is 11.9 Å². The molecule has 0 amide bonds. The monoisotopic (exact) mass is 332 g/mol. The summed E-state index contributed by atoms with van der Waals surface area (Å²) in [4.78, 5) is 2.29. The van der Waals surface area contributed by atoms with E-state index in [0.29, 0.717) is 13.1 Å². The molecule has 1 aliphatic heterocycles. The minimum Gasteiger partial charge on any atom is -0.390 e. The molecule has 0 saturated carbocycles. The Morgan fingerprint density at radius 3 is 2.75 bits per heavy atom. The summed E-state index contributed by atoms with van der Waals surface area (Å²) in [6.45, 7) is 3.25. The number of likely N-dealkylation sites (tertiary alicyclic amines) is 1. The Labute approximate surface area is 142 Å². The summed E-state index contributed by atoms with van der Waals surface area (Å²) in [5.74, 6) is -0.263. The van der Waals surface area contributed by atoms with Crippen LogP contribution in [-0.4, -0.2) is 52.1 Å². The molecule has 2 heterocycles. The Hall–Kier alpha value is -1.76. The minimum absolute atomic E-state index is 0.192. The fourth-order valence-electron chi connectivity index (χ4n) is 3.29. The standard InChI is InChI=1S/C18H25FN4O/c1-22-12-15(10-21-22)18(14-5-4-6-16(19)9-14)20-11-17(24)13-23-7-2-3-8-23/h4-6,9-10,12,17-18,20,24H,2-3,7-8,11,13H2,1H3. The molecule has 0 radical (unpaired) electrons. The second-order valence-corrected chi connectivity index (χ2v) is 6.51. The normalized spacial score (nSPS) is 18.0. The molecule has 5 nitrogen and oxygen atoms in total. The molecule has 2 aromatic rings. The summed E-state index contributed by atoms with van der Waals surface area (Å²) in [5.41, 5.74) is 1.79. The number of nitrogens with one attached hydrogen (secondary N) is 1. The molecule has 2 unspecified atom stereocenters. The lowest BCUT2D eigenvalue weighted by atomic mass is 10.0. The van der Waals surface area contributed by atoms with Gasteiger partial charge in [-0.05, 0) is 43.6 Å². The quantitative estimate of drug-likeness (QED) is 0.810. The zero-order valence-electron chi connectivity index (χ0n) is 14.0. The number of benzene rings is 1. The molecule has 1 fully saturated rings. The van der Waals surface area contributed by atoms with Crippen molar-refractivity contribution in [2.45, 2.75) is 25.0 Å². The highest BCUT2D eigenvalue weighted by molar-refractivity contribution is 5.29. The van der Waals surface area contributed by atoms with Crippen molar-refractivity contribution in [1.29, 1.82) is 0 Å². The zero-order chi connectivity index (χ0) is 16.9. The number of halogens is 1. The number of nitrogens with zero attached hydrogens (tertiary/aromatic N) is 3. The van der Waals surface area contributed by atoms with Crippen LogP contribution in [0.2, 0.25) is 0 Å². The first kappa shape index (κ1) is 17.1. The van der Waals surface area contributed by atoms with E-state index < -0.39 is 6.10 Å². The van der Waals surface area contributed by atoms with Gasteiger partial charge in [-0.25, -0.2) is 4.39 Å². The number of β-amino-alcohol motifs (C(OH)–C–C–N with tert-alkyl or cyclic N) is 1. The Bertz CT molecular complexity index is 654. The second kappa shape index (κ2) is 7.88. The van der Waals surface area contributed by atoms with E-state index >= 15 is 0 Å². The molecular formula is C18H25FN4O. The SMILES string of the molecule is Cn1cc(C(NCC(O)CN2CCCC2)c2cccc(F)c2)cn1. The van der Waals surface area contributed by atoms with Gasteiger partial charge in [0.1, 0.15) is 5.82 Å². The molecule has 24 heavy (non-hydrogen) atoms. The molecule has 1 aliphatic rings. The van der Waals surface area contributed by atoms with Gasteiger partial charge in [-0.2, -0.15) is 5.10 Å². The first-order valence-corrected chi connectivity index (χ1v) is 8.49. The van der Waals surface area contributed by atoms with Gasteiger partial charge < -0.3 is 15.3 Å². The van der Waals surface area contributed by atoms with Gasteiger partial charge in [0, 0.05) is 31.9 Å². The molecule has 2 N–H and O–H groups in total. The highest BCUT2D eigenvalue weighted by atomic mass is 19.1. The summed E-state index contributed by atoms with van der Waals surface area (Å²) in [6.07, 6.45) is 5.66. The maximum Gasteiger partial charge on any atom is 0.123 e. The van der Waals surface area contributed by atoms with E-state index in [4.69, 9.17) is 0 Å². The second-order valence-electron chi connectivity index (χ2n) is 6.51. The van der Waals surface area contributed by atoms with Crippen LogP contribution in [0.3, 0.4) is 0 Å². The Balaban J connectivity index is 1.68. The van der Waals surface area contributed by atoms with Gasteiger partial charge in [0.25, 0.3) is 0 Å². The van der Waals surface area contributed by atoms with Gasteiger partial charge in [0.2, 0.25) is 0 Å². The third-order valence-electron chi connectivity index (χ3n) is 4.47. The largest absolute Gasteiger partial charge is 0.390 e. The number of aryl methyl sites for hydroxylation is 1. The lowest BCUT2D eigenvalue weighted by Crippen LogP contribution is -2.38. The fourth-order valence-corrected chi connectivity index (χ4v) is 3.29. The zero-order valence-corrected chi connectivity index (χ0v) is 14.0. The van der Waals surface area contributed by atoms with Crippen LogP contribution in [0.1, 0.15) is 30.0 Å². The molecule has 0 spiro atoms. The third-order valence-corrected chi connectivity index (χ3v) is 4.47. The summed E-state index contributed by atoms with van der Waals surface area (Å²) in [5, 5.41) is 17.9. The van der Waals surface area contributed by atoms with Crippen LogP contribution >= 0.6 is 0 Å². The topological polar surface area (TPSA) is 53.3 Å². The van der Waals surface area contributed by atoms with Crippen LogP contribution in [0.5, 0.6) is 0 Å². The lowest BCUT2D eigenvalue weighted by Gasteiger charge is -2.23. The van der Waals surface area contributed by atoms with E-state index in [9.17, 15) is 9.50 Å². The van der Waals surface area contributed by atoms with Crippen LogP contribution in [-0.2, 0) is 7.05 Å². The predicted octanol–water partition coefficient (Wildman–Crippen LogP) is 1.69. The van der Waals surface area contributed by atoms with E-state index in [1.807, 2.05) is 19.3 Å². The average molecular weight is 332 g/mol. The van der Waals surface area contributed by atoms with Crippen molar-refractivity contribution in [3.8, 4) is 0 Å². The van der Waals surface area contributed by atoms with Crippen molar-refractivity contribution >= 4 is 0 Å². The van der Waals surface area contributed by atoms with Gasteiger partial charge in [-0.15, -0.1) is 0 Å². The Kier molecular flexibility index (Phi) is 5.60. The molecule has 6 heteroatoms. The fraction of sp³-hybridized carbons (Fsp3) is 0.500. The number of aromatic nitrogens is 2. The Morgan fingerprint density at radius 1 is 1.29 bits per heavy atom. The summed E-state index contributed by atoms with van der Waals surface area (Å²) < 4.78 is 15.3. The first-order valence-electron chi connectivity index (χ1n) is 8.49. The van der Waals surface area contributed by atoms with Crippen molar-refractivity contribution in [3.63, 3.8) is 0 Å². The number of aliphatic hydroxyl groups excluding tert-OH is 1. The molecule has 1 aromatic heterocycles. The van der Waals surface area contributed by atoms with Gasteiger partial charge >= 0.3 is 0 Å². The van der Waals surface area contributed by atoms with Gasteiger partial charge in [-0.1, -0.05) is 12.1 Å². The van der Waals surface area contributed by atoms with Crippen LogP contribution in [0, 0.1) is 5.82 Å². The van der Waals surface area contributed by atoms with Crippen molar-refractivity contribution in [2.24, 2.45) is 7.05 Å². The lowest BCUT2D eigenvalue weighted by molar-refractivity contribution is 0.121. The van der Waals surface area contributed by atoms with Gasteiger partial charge in [0.05, 0.1) is 18.3 Å². The first-order chi connectivity index (χ1) is 11.6. The third kappa shape index (κ3) is 4.41. The molecule has 1 saturated heterocycles. The Morgan fingerprint density at radius 2 is 2.08 bits per heavy atom. The molecule has 1 aromatic carbocycles. The predicted molar refractivity (Wildman–Crippen MR) is 91.1 cm³/mol. The van der Waals surface area contributed by atoms with E-state index in [1.165, 1.54) is 25.0 Å². The van der Waals surface area contributed by atoms with Crippen LogP contribution in [0.15, 0.2) is 36.7 Å². The minimum atomic E-state index is -0.448. The van der Waals surface area contributed by atoms with E-state index in [2.05, 4.69) is 15.3 Å². The summed E-state index contributed by atoms with van der Waals surface area (Å²) in [6, 6.07) is 6.36. The summed E-state index contributed by atoms with van der Waals surface area (Å²) in [7, 11) is 1.86. The van der Waals surface area contributed by atoms with Crippen molar-refractivity contribution < 1.29 is 9.50 Å². The summed E-state index contributed by atoms with van der Waals surface area (Å²) >= 11 is 0. The van der Waals surface area contributed by atoms with Crippen LogP contribution < -0.4 is 5.32 Å². The molecule has 130 valence electrons. The molecule has 0 bridgehead atoms. The van der Waals surface area contributed by atoms with Crippen LogP contribution in [0.4, 0.5) is 4.39 Å². The molecule has 3 rings (SSSR count). The van der Waals surface area contributed by atoms with Crippen molar-refractivity contribution in [2.75, 3.05) is 26.2 Å². The maximum absolute atomic E-state index is 13.6. The van der Waals surface area contributed by atoms with Gasteiger partial charge in [-0.3, -0.25) is 4.68 Å². The smallest absolute Gasteiger partial charge is 0.123 e. The van der Waals surface area contributed by atoms with Crippen LogP contribution in [0.25, 0.3) is 0 Å². The van der Waals surface area contributed by atoms with Gasteiger partial charge in [0.15, 0.2) is 0 Å². The van der Waals surface area contributed by atoms with Crippen molar-refractivity contribution in [1.82, 2.24) is 20.0 Å². The molecular weight excluding hydrogens is 307 g/mol. The highest BCUT2D eigenvalue weighted by Crippen LogP contribution is 2.22. The van der Waals surface area contributed by atoms with Crippen molar-refractivity contribution in [3.05, 3.63) is 53.6 Å². The number of hydrogen-bond acceptors (Lipinski definition) is 4.